The zero-order valence-corrected chi connectivity index (χ0v) is 13.6. The van der Waals surface area contributed by atoms with Crippen molar-refractivity contribution in [2.45, 2.75) is 6.92 Å². The lowest BCUT2D eigenvalue weighted by atomic mass is 10.2. The van der Waals surface area contributed by atoms with Crippen molar-refractivity contribution in [1.29, 1.82) is 0 Å². The number of nitrogens with one attached hydrogen (secondary N) is 1. The minimum atomic E-state index is -0.525. The van der Waals surface area contributed by atoms with Crippen molar-refractivity contribution in [2.75, 3.05) is 12.4 Å². The van der Waals surface area contributed by atoms with Gasteiger partial charge in [0.25, 0.3) is 5.91 Å². The maximum Gasteiger partial charge on any atom is 0.357 e. The van der Waals surface area contributed by atoms with E-state index in [2.05, 4.69) is 20.1 Å². The molecule has 118 valence electrons. The molecule has 0 bridgehead atoms. The molecule has 0 atom stereocenters. The first kappa shape index (κ1) is 15.2. The first-order valence-electron chi connectivity index (χ1n) is 6.80. The van der Waals surface area contributed by atoms with Crippen LogP contribution in [0.4, 0.5) is 5.13 Å². The summed E-state index contributed by atoms with van der Waals surface area (Å²) in [4.78, 5) is 28.8. The molecule has 2 aromatic heterocycles. The summed E-state index contributed by atoms with van der Waals surface area (Å²) in [6.07, 6.45) is 0. The van der Waals surface area contributed by atoms with Crippen LogP contribution in [0, 0.1) is 6.92 Å². The number of aryl methyl sites for hydroxylation is 2. The van der Waals surface area contributed by atoms with Crippen molar-refractivity contribution in [3.05, 3.63) is 40.5 Å². The number of aromatic nitrogens is 3. The quantitative estimate of drug-likeness (QED) is 0.745. The Bertz CT molecular complexity index is 913. The lowest BCUT2D eigenvalue weighted by Gasteiger charge is -1.98. The van der Waals surface area contributed by atoms with Gasteiger partial charge in [0.15, 0.2) is 16.5 Å². The number of anilines is 1. The number of thiazole rings is 1. The Hall–Kier alpha value is -2.74. The second kappa shape index (κ2) is 5.81. The van der Waals surface area contributed by atoms with Crippen molar-refractivity contribution < 1.29 is 14.3 Å². The summed E-state index contributed by atoms with van der Waals surface area (Å²) in [6.45, 7) is 1.75. The highest BCUT2D eigenvalue weighted by atomic mass is 32.1. The predicted molar refractivity (Wildman–Crippen MR) is 86.9 cm³/mol. The van der Waals surface area contributed by atoms with Gasteiger partial charge in [-0.3, -0.25) is 14.8 Å². The van der Waals surface area contributed by atoms with Gasteiger partial charge in [-0.1, -0.05) is 18.2 Å². The monoisotopic (exact) mass is 330 g/mol. The highest BCUT2D eigenvalue weighted by molar-refractivity contribution is 7.16. The number of para-hydroxylation sites is 1. The number of benzene rings is 1. The Morgan fingerprint density at radius 1 is 1.26 bits per heavy atom. The van der Waals surface area contributed by atoms with Gasteiger partial charge in [0.1, 0.15) is 0 Å². The molecule has 0 spiro atoms. The highest BCUT2D eigenvalue weighted by Crippen LogP contribution is 2.24. The molecule has 0 aliphatic heterocycles. The molecule has 3 aromatic rings. The number of rotatable bonds is 3. The van der Waals surface area contributed by atoms with E-state index < -0.39 is 5.97 Å². The molecule has 8 heteroatoms. The largest absolute Gasteiger partial charge is 0.464 e. The van der Waals surface area contributed by atoms with Crippen molar-refractivity contribution in [1.82, 2.24) is 14.8 Å². The van der Waals surface area contributed by atoms with Crippen LogP contribution < -0.4 is 5.32 Å². The Labute approximate surface area is 135 Å². The predicted octanol–water partition coefficient (Wildman–Crippen LogP) is 2.38. The molecular weight excluding hydrogens is 316 g/mol. The van der Waals surface area contributed by atoms with Gasteiger partial charge in [0, 0.05) is 17.3 Å². The lowest BCUT2D eigenvalue weighted by Crippen LogP contribution is -2.13. The average molecular weight is 330 g/mol. The molecule has 0 aliphatic rings. The number of carbonyl (C=O) groups excluding carboxylic acids is 2. The van der Waals surface area contributed by atoms with Crippen molar-refractivity contribution in [2.24, 2.45) is 7.05 Å². The molecule has 7 nitrogen and oxygen atoms in total. The smallest absolute Gasteiger partial charge is 0.357 e. The SMILES string of the molecule is COC(=O)c1nc(NC(=O)c2nn(C)c3ccccc23)sc1C. The summed E-state index contributed by atoms with van der Waals surface area (Å²) < 4.78 is 6.31. The number of amides is 1. The molecule has 0 unspecified atom stereocenters. The Morgan fingerprint density at radius 2 is 2.00 bits per heavy atom. The maximum absolute atomic E-state index is 12.5. The Balaban J connectivity index is 1.91. The maximum atomic E-state index is 12.5. The van der Waals surface area contributed by atoms with Crippen LogP contribution in [0.3, 0.4) is 0 Å². The molecular formula is C15H14N4O3S. The molecule has 0 radical (unpaired) electrons. The summed E-state index contributed by atoms with van der Waals surface area (Å²) >= 11 is 1.21. The van der Waals surface area contributed by atoms with Gasteiger partial charge >= 0.3 is 5.97 Å². The van der Waals surface area contributed by atoms with Crippen LogP contribution in [0.1, 0.15) is 25.9 Å². The average Bonchev–Trinajstić information content (AvgIpc) is 3.07. The van der Waals surface area contributed by atoms with E-state index in [0.717, 1.165) is 10.9 Å². The molecule has 0 saturated carbocycles. The molecule has 1 amide bonds. The number of carbonyl (C=O) groups is 2. The van der Waals surface area contributed by atoms with Crippen molar-refractivity contribution >= 4 is 39.2 Å². The van der Waals surface area contributed by atoms with Crippen molar-refractivity contribution in [3.8, 4) is 0 Å². The van der Waals surface area contributed by atoms with Crippen molar-refractivity contribution in [3.63, 3.8) is 0 Å². The third-order valence-electron chi connectivity index (χ3n) is 3.37. The van der Waals surface area contributed by atoms with Gasteiger partial charge in [0.05, 0.1) is 12.6 Å². The van der Waals surface area contributed by atoms with Crippen LogP contribution in [-0.4, -0.2) is 33.8 Å². The number of esters is 1. The van der Waals surface area contributed by atoms with E-state index in [9.17, 15) is 9.59 Å². The van der Waals surface area contributed by atoms with Gasteiger partial charge in [-0.2, -0.15) is 5.10 Å². The first-order valence-corrected chi connectivity index (χ1v) is 7.61. The second-order valence-corrected chi connectivity index (χ2v) is 6.06. The summed E-state index contributed by atoms with van der Waals surface area (Å²) in [6, 6.07) is 7.47. The fourth-order valence-electron chi connectivity index (χ4n) is 2.27. The fourth-order valence-corrected chi connectivity index (χ4v) is 3.07. The summed E-state index contributed by atoms with van der Waals surface area (Å²) in [7, 11) is 3.07. The van der Waals surface area contributed by atoms with Crippen LogP contribution in [0.2, 0.25) is 0 Å². The topological polar surface area (TPSA) is 86.1 Å². The van der Waals surface area contributed by atoms with Crippen LogP contribution in [-0.2, 0) is 11.8 Å². The standard InChI is InChI=1S/C15H14N4O3S/c1-8-11(14(21)22-3)16-15(23-8)17-13(20)12-9-6-4-5-7-10(9)19(2)18-12/h4-7H,1-3H3,(H,16,17,20). The number of hydrogen-bond acceptors (Lipinski definition) is 6. The van der Waals surface area contributed by atoms with Gasteiger partial charge in [0.2, 0.25) is 0 Å². The molecule has 23 heavy (non-hydrogen) atoms. The van der Waals surface area contributed by atoms with Crippen LogP contribution >= 0.6 is 11.3 Å². The highest BCUT2D eigenvalue weighted by Gasteiger charge is 2.20. The van der Waals surface area contributed by atoms with Crippen LogP contribution in [0.15, 0.2) is 24.3 Å². The number of fused-ring (bicyclic) bond motifs is 1. The number of nitrogens with zero attached hydrogens (tertiary/aromatic N) is 3. The van der Waals surface area contributed by atoms with E-state index in [1.807, 2.05) is 24.3 Å². The number of methoxy groups -OCH3 is 1. The third-order valence-corrected chi connectivity index (χ3v) is 4.25. The van der Waals surface area contributed by atoms with E-state index in [1.54, 1.807) is 18.7 Å². The van der Waals surface area contributed by atoms with Gasteiger partial charge in [-0.15, -0.1) is 11.3 Å². The fraction of sp³-hybridized carbons (Fsp3) is 0.200. The van der Waals surface area contributed by atoms with E-state index in [4.69, 9.17) is 0 Å². The van der Waals surface area contributed by atoms with Gasteiger partial charge < -0.3 is 4.74 Å². The van der Waals surface area contributed by atoms with Gasteiger partial charge in [-0.05, 0) is 13.0 Å². The summed E-state index contributed by atoms with van der Waals surface area (Å²) in [5, 5.41) is 8.04. The second-order valence-electron chi connectivity index (χ2n) is 4.86. The van der Waals surface area contributed by atoms with Crippen LogP contribution in [0.25, 0.3) is 10.9 Å². The molecule has 0 fully saturated rings. The number of ether oxygens (including phenoxy) is 1. The van der Waals surface area contributed by atoms with Gasteiger partial charge in [-0.25, -0.2) is 9.78 Å². The van der Waals surface area contributed by atoms with Crippen LogP contribution in [0.5, 0.6) is 0 Å². The lowest BCUT2D eigenvalue weighted by molar-refractivity contribution is 0.0594. The molecule has 2 heterocycles. The normalized spacial score (nSPS) is 10.7. The number of hydrogen-bond donors (Lipinski definition) is 1. The zero-order valence-electron chi connectivity index (χ0n) is 12.8. The first-order chi connectivity index (χ1) is 11.0. The Kier molecular flexibility index (Phi) is 3.83. The van der Waals surface area contributed by atoms with E-state index in [-0.39, 0.29) is 11.6 Å². The molecule has 3 rings (SSSR count). The molecule has 0 aliphatic carbocycles. The van der Waals surface area contributed by atoms with E-state index in [0.29, 0.717) is 15.7 Å². The minimum Gasteiger partial charge on any atom is -0.464 e. The Morgan fingerprint density at radius 3 is 2.74 bits per heavy atom. The molecule has 0 saturated heterocycles. The zero-order chi connectivity index (χ0) is 16.6. The summed E-state index contributed by atoms with van der Waals surface area (Å²) in [5.41, 5.74) is 1.39. The van der Waals surface area contributed by atoms with E-state index >= 15 is 0 Å². The third kappa shape index (κ3) is 2.68. The molecule has 1 N–H and O–H groups in total. The minimum absolute atomic E-state index is 0.207. The summed E-state index contributed by atoms with van der Waals surface area (Å²) in [5.74, 6) is -0.894. The van der Waals surface area contributed by atoms with E-state index in [1.165, 1.54) is 18.4 Å². The molecule has 1 aromatic carbocycles.